The third kappa shape index (κ3) is 3.29. The molecule has 0 saturated heterocycles. The van der Waals surface area contributed by atoms with Crippen LogP contribution in [-0.4, -0.2) is 0 Å². The molecule has 4 rings (SSSR count). The first-order chi connectivity index (χ1) is 12.7. The zero-order valence-electron chi connectivity index (χ0n) is 15.0. The molecule has 2 heteroatoms. The highest BCUT2D eigenvalue weighted by Crippen LogP contribution is 2.39. The molecule has 0 bridgehead atoms. The summed E-state index contributed by atoms with van der Waals surface area (Å²) in [7, 11) is 0. The Hall–Kier alpha value is -2.12. The van der Waals surface area contributed by atoms with Gasteiger partial charge in [0, 0.05) is 0 Å². The van der Waals surface area contributed by atoms with Gasteiger partial charge in [0.15, 0.2) is 0 Å². The molecule has 0 nitrogen and oxygen atoms in total. The minimum absolute atomic E-state index is 0.165. The summed E-state index contributed by atoms with van der Waals surface area (Å²) in [5.41, 5.74) is 8.71. The molecule has 1 aliphatic rings. The lowest BCUT2D eigenvalue weighted by Crippen LogP contribution is -1.88. The van der Waals surface area contributed by atoms with Crippen LogP contribution in [0.4, 0.5) is 4.39 Å². The summed E-state index contributed by atoms with van der Waals surface area (Å²) in [6.45, 7) is 2.24. The fourth-order valence-electron chi connectivity index (χ4n) is 3.85. The summed E-state index contributed by atoms with van der Waals surface area (Å²) in [6, 6.07) is 18.3. The molecule has 3 aromatic rings. The monoisotopic (exact) mass is 364 g/mol. The normalized spacial score (nSPS) is 12.1. The topological polar surface area (TPSA) is 0 Å². The lowest BCUT2D eigenvalue weighted by atomic mass is 9.98. The Morgan fingerprint density at radius 2 is 1.54 bits per heavy atom. The Bertz CT molecular complexity index is 958. The predicted molar refractivity (Wildman–Crippen MR) is 108 cm³/mol. The summed E-state index contributed by atoms with van der Waals surface area (Å²) in [4.78, 5) is 0. The molecule has 132 valence electrons. The Kier molecular flexibility index (Phi) is 4.82. The second-order valence-electron chi connectivity index (χ2n) is 7.13. The van der Waals surface area contributed by atoms with Crippen LogP contribution in [0.5, 0.6) is 0 Å². The molecule has 0 amide bonds. The molecule has 0 spiro atoms. The molecule has 0 saturated carbocycles. The van der Waals surface area contributed by atoms with Crippen LogP contribution < -0.4 is 0 Å². The molecule has 0 N–H and O–H groups in total. The van der Waals surface area contributed by atoms with Crippen LogP contribution in [0.25, 0.3) is 22.3 Å². The van der Waals surface area contributed by atoms with Gasteiger partial charge in [-0.1, -0.05) is 73.8 Å². The van der Waals surface area contributed by atoms with E-state index in [1.807, 2.05) is 6.07 Å². The molecule has 1 aliphatic carbocycles. The number of benzene rings is 3. The van der Waals surface area contributed by atoms with E-state index in [-0.39, 0.29) is 10.8 Å². The number of hydrogen-bond acceptors (Lipinski definition) is 0. The first-order valence-corrected chi connectivity index (χ1v) is 9.74. The molecule has 0 fully saturated rings. The van der Waals surface area contributed by atoms with Crippen LogP contribution >= 0.6 is 11.6 Å². The van der Waals surface area contributed by atoms with Crippen LogP contribution in [0, 0.1) is 5.82 Å². The van der Waals surface area contributed by atoms with Crippen LogP contribution in [0.3, 0.4) is 0 Å². The molecular weight excluding hydrogens is 343 g/mol. The van der Waals surface area contributed by atoms with Crippen molar-refractivity contribution in [2.75, 3.05) is 0 Å². The molecule has 0 aliphatic heterocycles. The number of unbranched alkanes of at least 4 members (excludes halogenated alkanes) is 2. The van der Waals surface area contributed by atoms with Crippen molar-refractivity contribution >= 4 is 11.6 Å². The minimum Gasteiger partial charge on any atom is -0.205 e. The summed E-state index contributed by atoms with van der Waals surface area (Å²) in [6.07, 6.45) is 5.92. The van der Waals surface area contributed by atoms with E-state index in [2.05, 4.69) is 43.3 Å². The Morgan fingerprint density at radius 3 is 2.31 bits per heavy atom. The van der Waals surface area contributed by atoms with Crippen LogP contribution in [0.1, 0.15) is 42.9 Å². The molecule has 0 atom stereocenters. The van der Waals surface area contributed by atoms with E-state index in [4.69, 9.17) is 11.6 Å². The summed E-state index contributed by atoms with van der Waals surface area (Å²) >= 11 is 5.81. The average molecular weight is 365 g/mol. The molecule has 0 radical (unpaired) electrons. The molecule has 0 aromatic heterocycles. The molecule has 0 heterocycles. The molecule has 26 heavy (non-hydrogen) atoms. The predicted octanol–water partition coefficient (Wildman–Crippen LogP) is 7.45. The van der Waals surface area contributed by atoms with Crippen molar-refractivity contribution in [1.29, 1.82) is 0 Å². The highest BCUT2D eigenvalue weighted by Gasteiger charge is 2.19. The molecular formula is C24H22ClF. The zero-order valence-corrected chi connectivity index (χ0v) is 15.7. The first-order valence-electron chi connectivity index (χ1n) is 9.36. The van der Waals surface area contributed by atoms with Gasteiger partial charge >= 0.3 is 0 Å². The first kappa shape index (κ1) is 17.3. The lowest BCUT2D eigenvalue weighted by molar-refractivity contribution is 0.629. The van der Waals surface area contributed by atoms with E-state index in [1.165, 1.54) is 53.1 Å². The Morgan fingerprint density at radius 1 is 0.846 bits per heavy atom. The fraction of sp³-hybridized carbons (Fsp3) is 0.250. The van der Waals surface area contributed by atoms with Crippen LogP contribution in [0.15, 0.2) is 54.6 Å². The molecule has 3 aromatic carbocycles. The summed E-state index contributed by atoms with van der Waals surface area (Å²) in [5.74, 6) is -0.371. The standard InChI is InChI=1S/C24H22ClF/c1-2-3-4-5-16-6-9-21-19(12-16)14-20-13-17(7-10-22(20)21)18-8-11-23(25)24(26)15-18/h6-13,15H,2-5,14H2,1H3. The van der Waals surface area contributed by atoms with Gasteiger partial charge in [0.2, 0.25) is 0 Å². The van der Waals surface area contributed by atoms with Gasteiger partial charge in [-0.15, -0.1) is 0 Å². The Balaban J connectivity index is 1.62. The van der Waals surface area contributed by atoms with E-state index in [9.17, 15) is 4.39 Å². The molecule has 0 unspecified atom stereocenters. The maximum Gasteiger partial charge on any atom is 0.142 e. The number of halogens is 2. The van der Waals surface area contributed by atoms with Crippen molar-refractivity contribution in [1.82, 2.24) is 0 Å². The van der Waals surface area contributed by atoms with Crippen molar-refractivity contribution in [2.24, 2.45) is 0 Å². The van der Waals surface area contributed by atoms with Gasteiger partial charge in [-0.3, -0.25) is 0 Å². The van der Waals surface area contributed by atoms with Gasteiger partial charge < -0.3 is 0 Å². The number of aryl methyl sites for hydroxylation is 1. The SMILES string of the molecule is CCCCCc1ccc2c(c1)Cc1cc(-c3ccc(Cl)c(F)c3)ccc1-2. The number of rotatable bonds is 5. The van der Waals surface area contributed by atoms with E-state index >= 15 is 0 Å². The smallest absolute Gasteiger partial charge is 0.142 e. The maximum atomic E-state index is 13.8. The number of fused-ring (bicyclic) bond motifs is 3. The van der Waals surface area contributed by atoms with Crippen molar-refractivity contribution in [3.8, 4) is 22.3 Å². The second kappa shape index (κ2) is 7.25. The highest BCUT2D eigenvalue weighted by molar-refractivity contribution is 6.30. The second-order valence-corrected chi connectivity index (χ2v) is 7.53. The van der Waals surface area contributed by atoms with Crippen molar-refractivity contribution < 1.29 is 4.39 Å². The highest BCUT2D eigenvalue weighted by atomic mass is 35.5. The average Bonchev–Trinajstić information content (AvgIpc) is 3.01. The van der Waals surface area contributed by atoms with Crippen molar-refractivity contribution in [3.63, 3.8) is 0 Å². The van der Waals surface area contributed by atoms with Crippen LogP contribution in [-0.2, 0) is 12.8 Å². The van der Waals surface area contributed by atoms with Gasteiger partial charge in [0.25, 0.3) is 0 Å². The fourth-order valence-corrected chi connectivity index (χ4v) is 3.97. The maximum absolute atomic E-state index is 13.8. The minimum atomic E-state index is -0.371. The van der Waals surface area contributed by atoms with Gasteiger partial charge in [-0.05, 0) is 70.3 Å². The van der Waals surface area contributed by atoms with Gasteiger partial charge in [0.1, 0.15) is 5.82 Å². The zero-order chi connectivity index (χ0) is 18.1. The van der Waals surface area contributed by atoms with Gasteiger partial charge in [-0.25, -0.2) is 4.39 Å². The third-order valence-corrected chi connectivity index (χ3v) is 5.57. The third-order valence-electron chi connectivity index (χ3n) is 5.27. The largest absolute Gasteiger partial charge is 0.205 e. The van der Waals surface area contributed by atoms with E-state index in [0.717, 1.165) is 24.0 Å². The van der Waals surface area contributed by atoms with Gasteiger partial charge in [0.05, 0.1) is 5.02 Å². The van der Waals surface area contributed by atoms with Crippen molar-refractivity contribution in [3.05, 3.63) is 82.1 Å². The van der Waals surface area contributed by atoms with Crippen LogP contribution in [0.2, 0.25) is 5.02 Å². The van der Waals surface area contributed by atoms with Crippen molar-refractivity contribution in [2.45, 2.75) is 39.0 Å². The Labute approximate surface area is 159 Å². The van der Waals surface area contributed by atoms with E-state index in [1.54, 1.807) is 6.07 Å². The van der Waals surface area contributed by atoms with E-state index in [0.29, 0.717) is 0 Å². The van der Waals surface area contributed by atoms with E-state index < -0.39 is 0 Å². The summed E-state index contributed by atoms with van der Waals surface area (Å²) in [5, 5.41) is 0.165. The lowest BCUT2D eigenvalue weighted by Gasteiger charge is -2.07. The number of hydrogen-bond donors (Lipinski definition) is 0. The quantitative estimate of drug-likeness (QED) is 0.322. The summed E-state index contributed by atoms with van der Waals surface area (Å²) < 4.78 is 13.8. The van der Waals surface area contributed by atoms with Gasteiger partial charge in [-0.2, -0.15) is 0 Å².